The molecule has 25 valence electrons. The summed E-state index contributed by atoms with van der Waals surface area (Å²) in [4.78, 5) is 0. The maximum absolute atomic E-state index is 2.19. The summed E-state index contributed by atoms with van der Waals surface area (Å²) >= 11 is 2.06. The van der Waals surface area contributed by atoms with Crippen molar-refractivity contribution in [3.63, 3.8) is 0 Å². The van der Waals surface area contributed by atoms with E-state index in [0.717, 1.165) is 52.2 Å². The van der Waals surface area contributed by atoms with Crippen molar-refractivity contribution >= 4 is 13.5 Å². The predicted octanol–water partition coefficient (Wildman–Crippen LogP) is 0.892. The van der Waals surface area contributed by atoms with Crippen LogP contribution in [0.15, 0.2) is 0 Å². The Hall–Kier alpha value is 2.22. The SMILES string of the molecule is [CH3][Hg+].[CH3][Hg].[SH-]. The molecule has 0 bridgehead atoms. The Morgan fingerprint density at radius 1 is 1.20 bits per heavy atom. The number of thiol groups is 1. The van der Waals surface area contributed by atoms with Crippen LogP contribution in [-0.4, -0.2) is 0 Å². The molecule has 0 nitrogen and oxygen atoms in total. The van der Waals surface area contributed by atoms with Crippen LogP contribution in [0.4, 0.5) is 0 Å². The molecule has 0 aliphatic rings. The standard InChI is InChI=1S/2CH3.2Hg.H2S/h2*1H3;;;1H2/q;;;+1;/p-1. The van der Waals surface area contributed by atoms with Gasteiger partial charge in [-0.2, -0.15) is 0 Å². The second-order valence-corrected chi connectivity index (χ2v) is 0. The average molecular weight is 464 g/mol. The van der Waals surface area contributed by atoms with E-state index in [1.54, 1.807) is 0 Å². The fourth-order valence-electron chi connectivity index (χ4n) is 0. The zero-order chi connectivity index (χ0) is 4.00. The Balaban J connectivity index is -0.0000000133. The van der Waals surface area contributed by atoms with Crippen LogP contribution in [0.2, 0.25) is 8.86 Å². The van der Waals surface area contributed by atoms with Gasteiger partial charge < -0.3 is 13.5 Å². The van der Waals surface area contributed by atoms with E-state index in [2.05, 4.69) is 8.86 Å². The summed E-state index contributed by atoms with van der Waals surface area (Å²) in [7, 11) is 0. The van der Waals surface area contributed by atoms with Crippen molar-refractivity contribution in [1.82, 2.24) is 0 Å². The average Bonchev–Trinajstić information content (AvgIpc) is 1.50. The first-order valence-electron chi connectivity index (χ1n) is 1.41. The van der Waals surface area contributed by atoms with Crippen molar-refractivity contribution in [1.29, 1.82) is 0 Å². The van der Waals surface area contributed by atoms with Crippen LogP contribution in [0.3, 0.4) is 0 Å². The summed E-state index contributed by atoms with van der Waals surface area (Å²) in [6, 6.07) is 0. The van der Waals surface area contributed by atoms with Crippen LogP contribution in [0.25, 0.3) is 0 Å². The van der Waals surface area contributed by atoms with Crippen LogP contribution >= 0.6 is 0 Å². The maximum Gasteiger partial charge on any atom is -0.813 e. The molecule has 0 N–H and O–H groups in total. The third-order valence-electron chi connectivity index (χ3n) is 0. The first-order chi connectivity index (χ1) is 2.00. The first kappa shape index (κ1) is 15.7. The van der Waals surface area contributed by atoms with Crippen LogP contribution in [-0.2, 0) is 65.7 Å². The molecule has 0 unspecified atom stereocenters. The fourth-order valence-corrected chi connectivity index (χ4v) is 0. The summed E-state index contributed by atoms with van der Waals surface area (Å²) in [6.45, 7) is 0. The molecule has 0 rings (SSSR count). The van der Waals surface area contributed by atoms with Gasteiger partial charge in [-0.05, 0) is 0 Å². The molecule has 3 heteroatoms. The van der Waals surface area contributed by atoms with Crippen LogP contribution in [0.1, 0.15) is 0 Å². The van der Waals surface area contributed by atoms with Crippen molar-refractivity contribution < 1.29 is 52.2 Å². The molecule has 0 atom stereocenters. The second kappa shape index (κ2) is 34.4. The van der Waals surface area contributed by atoms with Crippen molar-refractivity contribution in [3.05, 3.63) is 0 Å². The molecule has 0 saturated carbocycles. The summed E-state index contributed by atoms with van der Waals surface area (Å²) in [5.41, 5.74) is 0. The van der Waals surface area contributed by atoms with E-state index < -0.39 is 0 Å². The summed E-state index contributed by atoms with van der Waals surface area (Å²) in [5, 5.41) is 0. The number of hydrogen-bond donors (Lipinski definition) is 0. The Kier molecular flexibility index (Phi) is 108. The van der Waals surface area contributed by atoms with Gasteiger partial charge in [0.1, 0.15) is 0 Å². The minimum atomic E-state index is 0. The van der Waals surface area contributed by atoms with Gasteiger partial charge in [0.05, 0.1) is 0 Å². The number of hydrogen-bond acceptors (Lipinski definition) is 1. The third-order valence-corrected chi connectivity index (χ3v) is 0. The third kappa shape index (κ3) is 22.5. The molecule has 0 aromatic rings. The zero-order valence-electron chi connectivity index (χ0n) is 3.86. The summed E-state index contributed by atoms with van der Waals surface area (Å²) < 4.78 is 4.39. The smallest absolute Gasteiger partial charge is 0.813 e. The molecule has 0 saturated heterocycles. The molecule has 0 aromatic carbocycles. The Bertz CT molecular complexity index is 7.61. The molecular weight excluding hydrogens is 457 g/mol. The van der Waals surface area contributed by atoms with E-state index in [1.165, 1.54) is 0 Å². The van der Waals surface area contributed by atoms with Gasteiger partial charge in [-0.15, -0.1) is 0 Å². The van der Waals surface area contributed by atoms with E-state index in [-0.39, 0.29) is 13.5 Å². The van der Waals surface area contributed by atoms with E-state index in [9.17, 15) is 0 Å². The summed E-state index contributed by atoms with van der Waals surface area (Å²) in [6.07, 6.45) is 0. The van der Waals surface area contributed by atoms with E-state index in [1.807, 2.05) is 0 Å². The summed E-state index contributed by atoms with van der Waals surface area (Å²) in [5.74, 6) is 0. The normalized spacial score (nSPS) is 2.80. The molecule has 0 radical (unpaired) electrons. The number of rotatable bonds is 0. The quantitative estimate of drug-likeness (QED) is 0.292. The molecule has 0 amide bonds. The molecule has 0 spiro atoms. The van der Waals surface area contributed by atoms with Crippen molar-refractivity contribution in [2.45, 2.75) is 8.86 Å². The van der Waals surface area contributed by atoms with Crippen LogP contribution < -0.4 is 0 Å². The fraction of sp³-hybridized carbons (Fsp3) is 1.00. The van der Waals surface area contributed by atoms with Gasteiger partial charge in [0.25, 0.3) is 0 Å². The molecule has 0 fully saturated rings. The monoisotopic (exact) mass is 467 g/mol. The van der Waals surface area contributed by atoms with Gasteiger partial charge in [0.2, 0.25) is 0 Å². The zero-order valence-corrected chi connectivity index (χ0v) is 15.8. The van der Waals surface area contributed by atoms with Gasteiger partial charge in [-0.1, -0.05) is 0 Å². The van der Waals surface area contributed by atoms with Crippen molar-refractivity contribution in [2.75, 3.05) is 0 Å². The van der Waals surface area contributed by atoms with E-state index in [4.69, 9.17) is 0 Å². The second-order valence-electron chi connectivity index (χ2n) is 0. The topological polar surface area (TPSA) is 0 Å². The van der Waals surface area contributed by atoms with Gasteiger partial charge >= 0.3 is 61.1 Å². The van der Waals surface area contributed by atoms with E-state index in [0.29, 0.717) is 0 Å². The predicted molar refractivity (Wildman–Crippen MR) is 20.5 cm³/mol. The Labute approximate surface area is 73.5 Å². The van der Waals surface area contributed by atoms with Gasteiger partial charge in [0, 0.05) is 0 Å². The van der Waals surface area contributed by atoms with Gasteiger partial charge in [0.15, 0.2) is 0 Å². The maximum atomic E-state index is 2.19. The largest absolute Gasteiger partial charge is 0.813 e. The molecule has 0 aliphatic heterocycles. The molecule has 5 heavy (non-hydrogen) atoms. The molecule has 0 aromatic heterocycles. The van der Waals surface area contributed by atoms with Crippen LogP contribution in [0.5, 0.6) is 0 Å². The molecular formula is C2H7Hg2S. The molecule has 0 heterocycles. The Morgan fingerprint density at radius 2 is 1.20 bits per heavy atom. The Morgan fingerprint density at radius 3 is 1.20 bits per heavy atom. The van der Waals surface area contributed by atoms with Gasteiger partial charge in [-0.25, -0.2) is 0 Å². The van der Waals surface area contributed by atoms with Crippen molar-refractivity contribution in [3.8, 4) is 0 Å². The minimum absolute atomic E-state index is 0. The van der Waals surface area contributed by atoms with Crippen molar-refractivity contribution in [2.24, 2.45) is 0 Å². The van der Waals surface area contributed by atoms with Gasteiger partial charge in [-0.3, -0.25) is 0 Å². The molecule has 0 aliphatic carbocycles. The first-order valence-corrected chi connectivity index (χ1v) is 12.4. The van der Waals surface area contributed by atoms with E-state index >= 15 is 0 Å². The van der Waals surface area contributed by atoms with Crippen LogP contribution in [0, 0.1) is 0 Å². The minimum Gasteiger partial charge on any atom is -0.813 e.